The van der Waals surface area contributed by atoms with E-state index in [0.29, 0.717) is 19.4 Å². The van der Waals surface area contributed by atoms with Crippen LogP contribution in [0.5, 0.6) is 5.75 Å². The molecule has 17 heavy (non-hydrogen) atoms. The van der Waals surface area contributed by atoms with E-state index in [2.05, 4.69) is 6.07 Å². The highest BCUT2D eigenvalue weighted by Crippen LogP contribution is 2.25. The van der Waals surface area contributed by atoms with Crippen LogP contribution < -0.4 is 4.74 Å². The van der Waals surface area contributed by atoms with Crippen molar-refractivity contribution in [1.82, 2.24) is 0 Å². The molecular formula is C14H20O3. The third kappa shape index (κ3) is 3.77. The summed E-state index contributed by atoms with van der Waals surface area (Å²) in [6.45, 7) is 6.32. The molecule has 0 spiro atoms. The van der Waals surface area contributed by atoms with Crippen molar-refractivity contribution in [3.8, 4) is 5.75 Å². The summed E-state index contributed by atoms with van der Waals surface area (Å²) in [4.78, 5) is 11.3. The van der Waals surface area contributed by atoms with Crippen molar-refractivity contribution >= 4 is 5.97 Å². The molecule has 0 heterocycles. The Balaban J connectivity index is 2.79. The number of esters is 1. The lowest BCUT2D eigenvalue weighted by molar-refractivity contribution is -0.143. The zero-order valence-corrected chi connectivity index (χ0v) is 11.0. The largest absolute Gasteiger partial charge is 0.496 e. The summed E-state index contributed by atoms with van der Waals surface area (Å²) in [5.41, 5.74) is 3.41. The first kappa shape index (κ1) is 13.6. The van der Waals surface area contributed by atoms with Gasteiger partial charge in [0.05, 0.1) is 13.7 Å². The van der Waals surface area contributed by atoms with Crippen LogP contribution in [0.1, 0.15) is 30.0 Å². The van der Waals surface area contributed by atoms with Gasteiger partial charge in [-0.25, -0.2) is 0 Å². The van der Waals surface area contributed by atoms with Gasteiger partial charge in [0.25, 0.3) is 0 Å². The maximum Gasteiger partial charge on any atom is 0.306 e. The maximum atomic E-state index is 11.3. The van der Waals surface area contributed by atoms with Gasteiger partial charge in [0.1, 0.15) is 5.75 Å². The van der Waals surface area contributed by atoms with Gasteiger partial charge in [0.2, 0.25) is 0 Å². The number of benzene rings is 1. The first-order chi connectivity index (χ1) is 8.08. The summed E-state index contributed by atoms with van der Waals surface area (Å²) in [7, 11) is 1.65. The Hall–Kier alpha value is -1.51. The third-order valence-electron chi connectivity index (χ3n) is 2.68. The first-order valence-electron chi connectivity index (χ1n) is 5.88. The van der Waals surface area contributed by atoms with Gasteiger partial charge in [-0.05, 0) is 49.9 Å². The topological polar surface area (TPSA) is 35.5 Å². The minimum absolute atomic E-state index is 0.158. The predicted octanol–water partition coefficient (Wildman–Crippen LogP) is 2.81. The minimum atomic E-state index is -0.158. The highest BCUT2D eigenvalue weighted by atomic mass is 16.5. The van der Waals surface area contributed by atoms with Crippen LogP contribution in [0.15, 0.2) is 12.1 Å². The molecule has 0 aliphatic carbocycles. The Bertz CT molecular complexity index is 397. The Labute approximate surface area is 103 Å². The number of rotatable bonds is 5. The molecule has 0 fully saturated rings. The van der Waals surface area contributed by atoms with E-state index in [4.69, 9.17) is 9.47 Å². The van der Waals surface area contributed by atoms with Gasteiger partial charge in [-0.2, -0.15) is 0 Å². The van der Waals surface area contributed by atoms with E-state index in [-0.39, 0.29) is 5.97 Å². The van der Waals surface area contributed by atoms with E-state index in [1.165, 1.54) is 5.56 Å². The summed E-state index contributed by atoms with van der Waals surface area (Å²) >= 11 is 0. The standard InChI is InChI=1S/C14H20O3/c1-5-17-14(15)7-6-12-11(3)8-10(2)9-13(12)16-4/h8-9H,5-7H2,1-4H3. The molecule has 0 unspecified atom stereocenters. The lowest BCUT2D eigenvalue weighted by atomic mass is 10.0. The van der Waals surface area contributed by atoms with Crippen LogP contribution in [0, 0.1) is 13.8 Å². The molecule has 3 heteroatoms. The van der Waals surface area contributed by atoms with Crippen LogP contribution in [-0.4, -0.2) is 19.7 Å². The smallest absolute Gasteiger partial charge is 0.306 e. The normalized spacial score (nSPS) is 10.1. The SMILES string of the molecule is CCOC(=O)CCc1c(C)cc(C)cc1OC. The molecule has 0 bridgehead atoms. The molecule has 0 aromatic heterocycles. The fourth-order valence-electron chi connectivity index (χ4n) is 1.92. The second kappa shape index (κ2) is 6.28. The summed E-state index contributed by atoms with van der Waals surface area (Å²) < 4.78 is 10.3. The summed E-state index contributed by atoms with van der Waals surface area (Å²) in [5.74, 6) is 0.696. The summed E-state index contributed by atoms with van der Waals surface area (Å²) in [6, 6.07) is 4.09. The summed E-state index contributed by atoms with van der Waals surface area (Å²) in [5, 5.41) is 0. The van der Waals surface area contributed by atoms with Crippen LogP contribution >= 0.6 is 0 Å². The molecule has 0 radical (unpaired) electrons. The minimum Gasteiger partial charge on any atom is -0.496 e. The van der Waals surface area contributed by atoms with Crippen molar-refractivity contribution in [2.24, 2.45) is 0 Å². The average Bonchev–Trinajstić information content (AvgIpc) is 2.27. The molecule has 0 saturated carbocycles. The van der Waals surface area contributed by atoms with Crippen molar-refractivity contribution in [3.05, 3.63) is 28.8 Å². The molecule has 0 aliphatic heterocycles. The van der Waals surface area contributed by atoms with E-state index in [1.54, 1.807) is 7.11 Å². The fourth-order valence-corrected chi connectivity index (χ4v) is 1.92. The number of carbonyl (C=O) groups is 1. The molecule has 0 amide bonds. The van der Waals surface area contributed by atoms with E-state index >= 15 is 0 Å². The monoisotopic (exact) mass is 236 g/mol. The van der Waals surface area contributed by atoms with Gasteiger partial charge in [-0.15, -0.1) is 0 Å². The van der Waals surface area contributed by atoms with Crippen molar-refractivity contribution in [3.63, 3.8) is 0 Å². The van der Waals surface area contributed by atoms with Crippen LogP contribution in [0.4, 0.5) is 0 Å². The molecular weight excluding hydrogens is 216 g/mol. The van der Waals surface area contributed by atoms with Gasteiger partial charge in [-0.3, -0.25) is 4.79 Å². The van der Waals surface area contributed by atoms with Crippen LogP contribution in [0.3, 0.4) is 0 Å². The van der Waals surface area contributed by atoms with Gasteiger partial charge < -0.3 is 9.47 Å². The second-order valence-corrected chi connectivity index (χ2v) is 4.07. The molecule has 1 aromatic rings. The molecule has 1 rings (SSSR count). The van der Waals surface area contributed by atoms with Crippen molar-refractivity contribution in [2.75, 3.05) is 13.7 Å². The molecule has 0 N–H and O–H groups in total. The quantitative estimate of drug-likeness (QED) is 0.737. The van der Waals surface area contributed by atoms with Crippen LogP contribution in [0.2, 0.25) is 0 Å². The average molecular weight is 236 g/mol. The van der Waals surface area contributed by atoms with E-state index in [1.807, 2.05) is 26.8 Å². The zero-order valence-electron chi connectivity index (χ0n) is 11.0. The third-order valence-corrected chi connectivity index (χ3v) is 2.68. The van der Waals surface area contributed by atoms with Crippen LogP contribution in [-0.2, 0) is 16.0 Å². The lowest BCUT2D eigenvalue weighted by Gasteiger charge is -2.12. The summed E-state index contributed by atoms with van der Waals surface area (Å²) in [6.07, 6.45) is 1.06. The Kier molecular flexibility index (Phi) is 5.01. The van der Waals surface area contributed by atoms with Crippen molar-refractivity contribution < 1.29 is 14.3 Å². The van der Waals surface area contributed by atoms with Crippen molar-refractivity contribution in [2.45, 2.75) is 33.6 Å². The Morgan fingerprint density at radius 1 is 1.29 bits per heavy atom. The zero-order chi connectivity index (χ0) is 12.8. The molecule has 3 nitrogen and oxygen atoms in total. The van der Waals surface area contributed by atoms with E-state index in [9.17, 15) is 4.79 Å². The van der Waals surface area contributed by atoms with Gasteiger partial charge in [0, 0.05) is 6.42 Å². The molecule has 0 saturated heterocycles. The van der Waals surface area contributed by atoms with Crippen molar-refractivity contribution in [1.29, 1.82) is 0 Å². The molecule has 1 aromatic carbocycles. The highest BCUT2D eigenvalue weighted by Gasteiger charge is 2.10. The van der Waals surface area contributed by atoms with Gasteiger partial charge >= 0.3 is 5.97 Å². The maximum absolute atomic E-state index is 11.3. The number of carbonyl (C=O) groups excluding carboxylic acids is 1. The lowest BCUT2D eigenvalue weighted by Crippen LogP contribution is -2.06. The predicted molar refractivity (Wildman–Crippen MR) is 67.4 cm³/mol. The number of aryl methyl sites for hydroxylation is 2. The molecule has 94 valence electrons. The first-order valence-corrected chi connectivity index (χ1v) is 5.88. The second-order valence-electron chi connectivity index (χ2n) is 4.07. The molecule has 0 atom stereocenters. The Morgan fingerprint density at radius 2 is 2.00 bits per heavy atom. The molecule has 0 aliphatic rings. The number of hydrogen-bond acceptors (Lipinski definition) is 3. The van der Waals surface area contributed by atoms with Crippen LogP contribution in [0.25, 0.3) is 0 Å². The van der Waals surface area contributed by atoms with E-state index in [0.717, 1.165) is 16.9 Å². The van der Waals surface area contributed by atoms with E-state index < -0.39 is 0 Å². The van der Waals surface area contributed by atoms with Gasteiger partial charge in [0.15, 0.2) is 0 Å². The fraction of sp³-hybridized carbons (Fsp3) is 0.500. The number of methoxy groups -OCH3 is 1. The number of ether oxygens (including phenoxy) is 2. The Morgan fingerprint density at radius 3 is 2.59 bits per heavy atom. The number of hydrogen-bond donors (Lipinski definition) is 0. The van der Waals surface area contributed by atoms with Gasteiger partial charge in [-0.1, -0.05) is 6.07 Å². The highest BCUT2D eigenvalue weighted by molar-refractivity contribution is 5.70.